The lowest BCUT2D eigenvalue weighted by Crippen LogP contribution is -2.22. The lowest BCUT2D eigenvalue weighted by atomic mass is 10.1. The maximum absolute atomic E-state index is 12.9. The minimum absolute atomic E-state index is 0.204. The Morgan fingerprint density at radius 1 is 1.00 bits per heavy atom. The fourth-order valence-electron chi connectivity index (χ4n) is 3.45. The van der Waals surface area contributed by atoms with E-state index in [1.807, 2.05) is 55.5 Å². The molecule has 7 nitrogen and oxygen atoms in total. The summed E-state index contributed by atoms with van der Waals surface area (Å²) in [7, 11) is 0. The predicted molar refractivity (Wildman–Crippen MR) is 106 cm³/mol. The topological polar surface area (TPSA) is 78.0 Å². The number of pyridine rings is 2. The summed E-state index contributed by atoms with van der Waals surface area (Å²) in [6.07, 6.45) is 5.21. The summed E-state index contributed by atoms with van der Waals surface area (Å²) in [5.74, 6) is 0. The molecule has 0 spiro atoms. The summed E-state index contributed by atoms with van der Waals surface area (Å²) in [4.78, 5) is 17.0. The Morgan fingerprint density at radius 3 is 2.64 bits per heavy atom. The molecule has 5 rings (SSSR count). The normalized spacial score (nSPS) is 11.3. The van der Waals surface area contributed by atoms with Crippen molar-refractivity contribution in [2.24, 2.45) is 0 Å². The van der Waals surface area contributed by atoms with Gasteiger partial charge in [0.2, 0.25) is 0 Å². The molecular weight excluding hydrogens is 352 g/mol. The average molecular weight is 368 g/mol. The number of nitrogens with zero attached hydrogens (tertiary/aromatic N) is 6. The van der Waals surface area contributed by atoms with Crippen molar-refractivity contribution in [3.05, 3.63) is 88.7 Å². The lowest BCUT2D eigenvalue weighted by Gasteiger charge is -2.07. The van der Waals surface area contributed by atoms with E-state index in [0.29, 0.717) is 23.2 Å². The van der Waals surface area contributed by atoms with Gasteiger partial charge < -0.3 is 4.57 Å². The Morgan fingerprint density at radius 2 is 1.86 bits per heavy atom. The van der Waals surface area contributed by atoms with Crippen LogP contribution in [0.1, 0.15) is 11.3 Å². The second kappa shape index (κ2) is 6.38. The highest BCUT2D eigenvalue weighted by molar-refractivity contribution is 5.84. The maximum Gasteiger partial charge on any atom is 0.280 e. The lowest BCUT2D eigenvalue weighted by molar-refractivity contribution is 0.757. The molecule has 0 atom stereocenters. The average Bonchev–Trinajstić information content (AvgIpc) is 3.07. The molecule has 1 aromatic carbocycles. The van der Waals surface area contributed by atoms with E-state index in [4.69, 9.17) is 0 Å². The summed E-state index contributed by atoms with van der Waals surface area (Å²) in [6, 6.07) is 15.6. The van der Waals surface area contributed by atoms with Crippen LogP contribution in [0.3, 0.4) is 0 Å². The monoisotopic (exact) mass is 368 g/mol. The molecule has 4 aromatic heterocycles. The van der Waals surface area contributed by atoms with Gasteiger partial charge in [0, 0.05) is 18.6 Å². The summed E-state index contributed by atoms with van der Waals surface area (Å²) in [5.41, 5.74) is 5.10. The molecule has 4 heterocycles. The van der Waals surface area contributed by atoms with Crippen molar-refractivity contribution in [3.63, 3.8) is 0 Å². The Kier molecular flexibility index (Phi) is 3.72. The zero-order chi connectivity index (χ0) is 19.1. The number of benzene rings is 1. The molecule has 0 aliphatic rings. The van der Waals surface area contributed by atoms with Crippen LogP contribution in [0.15, 0.2) is 71.9 Å². The summed E-state index contributed by atoms with van der Waals surface area (Å²) in [6.45, 7) is 2.36. The fraction of sp³-hybridized carbons (Fsp3) is 0.0952. The first-order valence-corrected chi connectivity index (χ1v) is 8.92. The van der Waals surface area contributed by atoms with E-state index in [-0.39, 0.29) is 5.56 Å². The largest absolute Gasteiger partial charge is 0.309 e. The molecule has 0 fully saturated rings. The highest BCUT2D eigenvalue weighted by Crippen LogP contribution is 2.27. The minimum atomic E-state index is -0.204. The second-order valence-electron chi connectivity index (χ2n) is 6.61. The summed E-state index contributed by atoms with van der Waals surface area (Å²) in [5, 5.41) is 13.2. The number of aryl methyl sites for hydroxylation is 1. The molecule has 136 valence electrons. The van der Waals surface area contributed by atoms with Crippen LogP contribution in [0, 0.1) is 6.92 Å². The van der Waals surface area contributed by atoms with Crippen LogP contribution in [-0.4, -0.2) is 29.4 Å². The van der Waals surface area contributed by atoms with E-state index in [2.05, 4.69) is 20.3 Å². The standard InChI is InChI=1S/C21H16N6O/c1-14-18(16-7-3-2-4-8-16)20-24-23-19-17(27(20)25-14)9-11-26(21(19)28)13-15-6-5-10-22-12-15/h2-12H,13H2,1H3. The van der Waals surface area contributed by atoms with E-state index in [9.17, 15) is 4.79 Å². The van der Waals surface area contributed by atoms with Crippen molar-refractivity contribution >= 4 is 16.7 Å². The number of aromatic nitrogens is 6. The summed E-state index contributed by atoms with van der Waals surface area (Å²) >= 11 is 0. The van der Waals surface area contributed by atoms with Crippen molar-refractivity contribution in [2.45, 2.75) is 13.5 Å². The van der Waals surface area contributed by atoms with Gasteiger partial charge >= 0.3 is 0 Å². The van der Waals surface area contributed by atoms with Gasteiger partial charge in [-0.3, -0.25) is 9.78 Å². The highest BCUT2D eigenvalue weighted by Gasteiger charge is 2.17. The van der Waals surface area contributed by atoms with Crippen molar-refractivity contribution in [3.8, 4) is 11.1 Å². The van der Waals surface area contributed by atoms with Crippen molar-refractivity contribution in [1.29, 1.82) is 0 Å². The highest BCUT2D eigenvalue weighted by atomic mass is 16.1. The molecule has 0 unspecified atom stereocenters. The molecule has 28 heavy (non-hydrogen) atoms. The zero-order valence-corrected chi connectivity index (χ0v) is 15.1. The Hall–Kier alpha value is -3.87. The quantitative estimate of drug-likeness (QED) is 0.489. The van der Waals surface area contributed by atoms with E-state index in [0.717, 1.165) is 22.4 Å². The third-order valence-electron chi connectivity index (χ3n) is 4.77. The van der Waals surface area contributed by atoms with Crippen LogP contribution in [0.25, 0.3) is 27.8 Å². The van der Waals surface area contributed by atoms with Crippen molar-refractivity contribution < 1.29 is 0 Å². The molecule has 0 bridgehead atoms. The van der Waals surface area contributed by atoms with Crippen molar-refractivity contribution in [1.82, 2.24) is 29.4 Å². The van der Waals surface area contributed by atoms with Gasteiger partial charge in [0.1, 0.15) is 5.52 Å². The SMILES string of the molecule is Cc1nn2c(nnc3c(=O)n(Cc4cccnc4)ccc32)c1-c1ccccc1. The second-order valence-corrected chi connectivity index (χ2v) is 6.61. The Balaban J connectivity index is 1.70. The van der Waals surface area contributed by atoms with E-state index in [1.54, 1.807) is 27.7 Å². The van der Waals surface area contributed by atoms with E-state index in [1.165, 1.54) is 0 Å². The molecule has 0 aliphatic carbocycles. The predicted octanol–water partition coefficient (Wildman–Crippen LogP) is 2.86. The van der Waals surface area contributed by atoms with Gasteiger partial charge in [-0.1, -0.05) is 36.4 Å². The summed E-state index contributed by atoms with van der Waals surface area (Å²) < 4.78 is 3.31. The number of fused-ring (bicyclic) bond motifs is 3. The van der Waals surface area contributed by atoms with E-state index < -0.39 is 0 Å². The molecule has 0 aliphatic heterocycles. The number of hydrogen-bond donors (Lipinski definition) is 0. The van der Waals surface area contributed by atoms with Gasteiger partial charge in [-0.2, -0.15) is 5.10 Å². The molecular formula is C21H16N6O. The van der Waals surface area contributed by atoms with Gasteiger partial charge in [0.15, 0.2) is 11.2 Å². The third kappa shape index (κ3) is 2.56. The van der Waals surface area contributed by atoms with E-state index >= 15 is 0 Å². The Labute approximate surface area is 159 Å². The van der Waals surface area contributed by atoms with Crippen LogP contribution in [-0.2, 0) is 6.54 Å². The first-order chi connectivity index (χ1) is 13.7. The van der Waals surface area contributed by atoms with Gasteiger partial charge in [0.05, 0.1) is 17.8 Å². The van der Waals surface area contributed by atoms with Gasteiger partial charge in [-0.25, -0.2) is 4.52 Å². The van der Waals surface area contributed by atoms with Gasteiger partial charge in [0.25, 0.3) is 5.56 Å². The molecule has 0 N–H and O–H groups in total. The molecule has 5 aromatic rings. The fourth-order valence-corrected chi connectivity index (χ4v) is 3.45. The smallest absolute Gasteiger partial charge is 0.280 e. The van der Waals surface area contributed by atoms with Crippen LogP contribution in [0.4, 0.5) is 0 Å². The maximum atomic E-state index is 12.9. The van der Waals surface area contributed by atoms with Crippen LogP contribution in [0.2, 0.25) is 0 Å². The molecule has 0 saturated heterocycles. The third-order valence-corrected chi connectivity index (χ3v) is 4.77. The molecule has 0 saturated carbocycles. The van der Waals surface area contributed by atoms with Crippen LogP contribution >= 0.6 is 0 Å². The molecule has 0 amide bonds. The number of rotatable bonds is 3. The van der Waals surface area contributed by atoms with Gasteiger partial charge in [-0.05, 0) is 30.2 Å². The minimum Gasteiger partial charge on any atom is -0.309 e. The van der Waals surface area contributed by atoms with Crippen LogP contribution < -0.4 is 5.56 Å². The molecule has 0 radical (unpaired) electrons. The zero-order valence-electron chi connectivity index (χ0n) is 15.1. The van der Waals surface area contributed by atoms with Crippen LogP contribution in [0.5, 0.6) is 0 Å². The molecule has 7 heteroatoms. The van der Waals surface area contributed by atoms with Crippen molar-refractivity contribution in [2.75, 3.05) is 0 Å². The number of hydrogen-bond acceptors (Lipinski definition) is 5. The first kappa shape index (κ1) is 16.3. The van der Waals surface area contributed by atoms with Gasteiger partial charge in [-0.15, -0.1) is 10.2 Å². The first-order valence-electron chi connectivity index (χ1n) is 8.92. The Bertz CT molecular complexity index is 1360.